The number of hydrogen-bond acceptors (Lipinski definition) is 5. The summed E-state index contributed by atoms with van der Waals surface area (Å²) in [7, 11) is 1.72. The lowest BCUT2D eigenvalue weighted by molar-refractivity contribution is -0.133. The van der Waals surface area contributed by atoms with Gasteiger partial charge in [0.05, 0.1) is 11.7 Å². The SMILES string of the molecule is C[C@@H](c1ccc(-n2cncn2)cc1)N(C)C(=O)CCN1C(=O)NC(C)(C)C1=O. The van der Waals surface area contributed by atoms with Crippen molar-refractivity contribution >= 4 is 17.8 Å². The van der Waals surface area contributed by atoms with Gasteiger partial charge in [-0.05, 0) is 38.5 Å². The molecule has 2 aromatic rings. The highest BCUT2D eigenvalue weighted by Gasteiger charge is 2.44. The maximum absolute atomic E-state index is 12.6. The van der Waals surface area contributed by atoms with Crippen LogP contribution in [-0.2, 0) is 9.59 Å². The Bertz CT molecular complexity index is 876. The minimum Gasteiger partial charge on any atom is -0.339 e. The van der Waals surface area contributed by atoms with E-state index in [1.165, 1.54) is 6.33 Å². The summed E-state index contributed by atoms with van der Waals surface area (Å²) in [6.45, 7) is 5.28. The average Bonchev–Trinajstić information content (AvgIpc) is 3.26. The van der Waals surface area contributed by atoms with Gasteiger partial charge in [0.15, 0.2) is 0 Å². The molecule has 1 aliphatic rings. The van der Waals surface area contributed by atoms with E-state index < -0.39 is 11.6 Å². The Labute approximate surface area is 163 Å². The van der Waals surface area contributed by atoms with Crippen LogP contribution < -0.4 is 5.32 Å². The molecule has 0 radical (unpaired) electrons. The first-order valence-corrected chi connectivity index (χ1v) is 9.05. The van der Waals surface area contributed by atoms with Crippen LogP contribution in [0.5, 0.6) is 0 Å². The van der Waals surface area contributed by atoms with E-state index >= 15 is 0 Å². The summed E-state index contributed by atoms with van der Waals surface area (Å²) in [4.78, 5) is 43.4. The van der Waals surface area contributed by atoms with Crippen molar-refractivity contribution < 1.29 is 14.4 Å². The molecule has 0 aliphatic carbocycles. The minimum atomic E-state index is -0.925. The lowest BCUT2D eigenvalue weighted by Gasteiger charge is -2.26. The molecule has 0 saturated carbocycles. The number of benzene rings is 1. The number of carbonyl (C=O) groups is 3. The predicted octanol–water partition coefficient (Wildman–Crippen LogP) is 1.51. The highest BCUT2D eigenvalue weighted by Crippen LogP contribution is 2.22. The molecule has 9 heteroatoms. The van der Waals surface area contributed by atoms with Gasteiger partial charge in [-0.2, -0.15) is 5.10 Å². The van der Waals surface area contributed by atoms with E-state index in [0.29, 0.717) is 0 Å². The second-order valence-corrected chi connectivity index (χ2v) is 7.37. The first kappa shape index (κ1) is 19.5. The van der Waals surface area contributed by atoms with Crippen LogP contribution in [0.1, 0.15) is 38.8 Å². The molecule has 3 rings (SSSR count). The zero-order chi connectivity index (χ0) is 20.5. The lowest BCUT2D eigenvalue weighted by Crippen LogP contribution is -2.41. The monoisotopic (exact) mass is 384 g/mol. The Morgan fingerprint density at radius 2 is 1.93 bits per heavy atom. The van der Waals surface area contributed by atoms with Crippen molar-refractivity contribution in [1.82, 2.24) is 29.9 Å². The van der Waals surface area contributed by atoms with E-state index in [-0.39, 0.29) is 30.8 Å². The van der Waals surface area contributed by atoms with Crippen molar-refractivity contribution in [3.05, 3.63) is 42.5 Å². The molecule has 0 bridgehead atoms. The van der Waals surface area contributed by atoms with Crippen LogP contribution in [-0.4, -0.2) is 61.5 Å². The van der Waals surface area contributed by atoms with Crippen molar-refractivity contribution in [2.24, 2.45) is 0 Å². The molecule has 148 valence electrons. The van der Waals surface area contributed by atoms with E-state index in [1.807, 2.05) is 31.2 Å². The van der Waals surface area contributed by atoms with E-state index in [9.17, 15) is 14.4 Å². The van der Waals surface area contributed by atoms with Crippen LogP contribution in [0.15, 0.2) is 36.9 Å². The predicted molar refractivity (Wildman–Crippen MR) is 101 cm³/mol. The van der Waals surface area contributed by atoms with Crippen molar-refractivity contribution in [1.29, 1.82) is 0 Å². The highest BCUT2D eigenvalue weighted by molar-refractivity contribution is 6.06. The molecular formula is C19H24N6O3. The number of nitrogens with zero attached hydrogens (tertiary/aromatic N) is 5. The van der Waals surface area contributed by atoms with Crippen molar-refractivity contribution in [3.63, 3.8) is 0 Å². The Kier molecular flexibility index (Phi) is 5.17. The van der Waals surface area contributed by atoms with Gasteiger partial charge in [-0.3, -0.25) is 14.5 Å². The molecule has 1 fully saturated rings. The van der Waals surface area contributed by atoms with Crippen LogP contribution in [0, 0.1) is 0 Å². The maximum atomic E-state index is 12.6. The number of aromatic nitrogens is 3. The second-order valence-electron chi connectivity index (χ2n) is 7.37. The van der Waals surface area contributed by atoms with Gasteiger partial charge in [-0.25, -0.2) is 14.5 Å². The molecular weight excluding hydrogens is 360 g/mol. The van der Waals surface area contributed by atoms with Crippen LogP contribution in [0.4, 0.5) is 4.79 Å². The van der Waals surface area contributed by atoms with E-state index in [1.54, 1.807) is 36.8 Å². The number of nitrogens with one attached hydrogen (secondary N) is 1. The van der Waals surface area contributed by atoms with Gasteiger partial charge in [0.2, 0.25) is 5.91 Å². The fourth-order valence-corrected chi connectivity index (χ4v) is 3.09. The summed E-state index contributed by atoms with van der Waals surface area (Å²) < 4.78 is 1.66. The zero-order valence-corrected chi connectivity index (χ0v) is 16.4. The van der Waals surface area contributed by atoms with E-state index in [0.717, 1.165) is 16.2 Å². The highest BCUT2D eigenvalue weighted by atomic mass is 16.2. The van der Waals surface area contributed by atoms with Gasteiger partial charge in [0.25, 0.3) is 5.91 Å². The van der Waals surface area contributed by atoms with Crippen LogP contribution in [0.2, 0.25) is 0 Å². The molecule has 1 N–H and O–H groups in total. The van der Waals surface area contributed by atoms with Crippen molar-refractivity contribution in [2.45, 2.75) is 38.8 Å². The molecule has 0 unspecified atom stereocenters. The molecule has 1 aromatic heterocycles. The quantitative estimate of drug-likeness (QED) is 0.761. The molecule has 1 atom stereocenters. The number of rotatable bonds is 6. The summed E-state index contributed by atoms with van der Waals surface area (Å²) in [5, 5.41) is 6.70. The molecule has 1 saturated heterocycles. The molecule has 9 nitrogen and oxygen atoms in total. The fraction of sp³-hybridized carbons (Fsp3) is 0.421. The lowest BCUT2D eigenvalue weighted by atomic mass is 10.1. The third kappa shape index (κ3) is 3.73. The third-order valence-corrected chi connectivity index (χ3v) is 5.03. The van der Waals surface area contributed by atoms with Gasteiger partial charge in [0, 0.05) is 20.0 Å². The second kappa shape index (κ2) is 7.41. The van der Waals surface area contributed by atoms with Crippen LogP contribution in [0.3, 0.4) is 0 Å². The minimum absolute atomic E-state index is 0.0647. The Hall–Kier alpha value is -3.23. The van der Waals surface area contributed by atoms with Gasteiger partial charge in [0.1, 0.15) is 18.2 Å². The molecule has 4 amide bonds. The Morgan fingerprint density at radius 3 is 2.46 bits per heavy atom. The summed E-state index contributed by atoms with van der Waals surface area (Å²) >= 11 is 0. The number of carbonyl (C=O) groups excluding carboxylic acids is 3. The van der Waals surface area contributed by atoms with E-state index in [4.69, 9.17) is 0 Å². The van der Waals surface area contributed by atoms with Gasteiger partial charge in [-0.15, -0.1) is 0 Å². The molecule has 2 heterocycles. The Balaban J connectivity index is 1.60. The molecule has 28 heavy (non-hydrogen) atoms. The summed E-state index contributed by atoms with van der Waals surface area (Å²) in [6.07, 6.45) is 3.16. The van der Waals surface area contributed by atoms with Gasteiger partial charge < -0.3 is 10.2 Å². The smallest absolute Gasteiger partial charge is 0.325 e. The third-order valence-electron chi connectivity index (χ3n) is 5.03. The summed E-state index contributed by atoms with van der Waals surface area (Å²) in [5.41, 5.74) is 0.921. The van der Waals surface area contributed by atoms with Crippen molar-refractivity contribution in [2.75, 3.05) is 13.6 Å². The number of hydrogen-bond donors (Lipinski definition) is 1. The molecule has 1 aliphatic heterocycles. The maximum Gasteiger partial charge on any atom is 0.325 e. The van der Waals surface area contributed by atoms with E-state index in [2.05, 4.69) is 15.4 Å². The largest absolute Gasteiger partial charge is 0.339 e. The number of amides is 4. The average molecular weight is 384 g/mol. The zero-order valence-electron chi connectivity index (χ0n) is 16.4. The van der Waals surface area contributed by atoms with Gasteiger partial charge >= 0.3 is 6.03 Å². The standard InChI is InChI=1S/C19H24N6O3/c1-13(14-5-7-15(8-6-14)25-12-20-11-21-25)23(4)16(26)9-10-24-17(27)19(2,3)22-18(24)28/h5-8,11-13H,9-10H2,1-4H3,(H,22,28)/t13-/m0/s1. The number of imide groups is 1. The normalized spacial score (nSPS) is 16.8. The molecule has 1 aromatic carbocycles. The van der Waals surface area contributed by atoms with Crippen LogP contribution in [0.25, 0.3) is 5.69 Å². The van der Waals surface area contributed by atoms with Crippen molar-refractivity contribution in [3.8, 4) is 5.69 Å². The Morgan fingerprint density at radius 1 is 1.25 bits per heavy atom. The molecule has 0 spiro atoms. The summed E-state index contributed by atoms with van der Waals surface area (Å²) in [5.74, 6) is -0.456. The fourth-order valence-electron chi connectivity index (χ4n) is 3.09. The number of urea groups is 1. The topological polar surface area (TPSA) is 100 Å². The first-order valence-electron chi connectivity index (χ1n) is 9.05. The first-order chi connectivity index (χ1) is 13.2. The van der Waals surface area contributed by atoms with Gasteiger partial charge in [-0.1, -0.05) is 12.1 Å². The van der Waals surface area contributed by atoms with Crippen LogP contribution >= 0.6 is 0 Å². The summed E-state index contributed by atoms with van der Waals surface area (Å²) in [6, 6.07) is 7.08.